The van der Waals surface area contributed by atoms with E-state index in [-0.39, 0.29) is 0 Å². The Balaban J connectivity index is 2.45. The number of hydrogen-bond acceptors (Lipinski definition) is 5. The van der Waals surface area contributed by atoms with Crippen LogP contribution in [0.5, 0.6) is 0 Å². The van der Waals surface area contributed by atoms with Gasteiger partial charge in [-0.25, -0.2) is 0 Å². The average Bonchev–Trinajstić information content (AvgIpc) is 2.54. The minimum Gasteiger partial charge on any atom is -0.420 e. The van der Waals surface area contributed by atoms with Gasteiger partial charge in [0, 0.05) is 13.1 Å². The van der Waals surface area contributed by atoms with E-state index < -0.39 is 0 Å². The second kappa shape index (κ2) is 2.69. The molecule has 0 bridgehead atoms. The highest BCUT2D eigenvalue weighted by molar-refractivity contribution is 5.43. The molecule has 0 saturated heterocycles. The third kappa shape index (κ3) is 1.16. The van der Waals surface area contributed by atoms with Crippen molar-refractivity contribution in [3.63, 3.8) is 0 Å². The second-order valence-electron chi connectivity index (χ2n) is 2.24. The minimum absolute atomic E-state index is 0.403. The number of aromatic nitrogens is 4. The van der Waals surface area contributed by atoms with E-state index in [1.54, 1.807) is 25.3 Å². The Kier molecular flexibility index (Phi) is 1.55. The highest BCUT2D eigenvalue weighted by Gasteiger charge is 2.05. The van der Waals surface area contributed by atoms with Gasteiger partial charge in [0.05, 0.1) is 0 Å². The molecule has 0 saturated carbocycles. The molecule has 2 aromatic heterocycles. The van der Waals surface area contributed by atoms with Crippen LogP contribution in [0.25, 0.3) is 11.6 Å². The molecule has 5 nitrogen and oxygen atoms in total. The van der Waals surface area contributed by atoms with Gasteiger partial charge in [0.15, 0.2) is 0 Å². The first kappa shape index (κ1) is 6.90. The van der Waals surface area contributed by atoms with Gasteiger partial charge in [-0.05, 0) is 12.1 Å². The Labute approximate surface area is 68.5 Å². The first-order valence-corrected chi connectivity index (χ1v) is 3.44. The standard InChI is InChI=1S/C7H6N4O/c1-5-9-11-7(12-5)6-3-2-4-8-10-6/h2-4H,1H3. The molecule has 0 amide bonds. The molecule has 5 heteroatoms. The summed E-state index contributed by atoms with van der Waals surface area (Å²) in [5, 5.41) is 15.0. The maximum Gasteiger partial charge on any atom is 0.268 e. The van der Waals surface area contributed by atoms with Crippen LogP contribution in [0.1, 0.15) is 5.89 Å². The lowest BCUT2D eigenvalue weighted by Crippen LogP contribution is -1.84. The van der Waals surface area contributed by atoms with Crippen LogP contribution < -0.4 is 0 Å². The Morgan fingerprint density at radius 3 is 2.75 bits per heavy atom. The summed E-state index contributed by atoms with van der Waals surface area (Å²) in [6.45, 7) is 1.73. The van der Waals surface area contributed by atoms with Gasteiger partial charge in [-0.2, -0.15) is 5.10 Å². The lowest BCUT2D eigenvalue weighted by atomic mass is 10.4. The minimum atomic E-state index is 0.403. The van der Waals surface area contributed by atoms with Gasteiger partial charge >= 0.3 is 0 Å². The third-order valence-electron chi connectivity index (χ3n) is 1.32. The first-order valence-electron chi connectivity index (χ1n) is 3.44. The Hall–Kier alpha value is -1.78. The highest BCUT2D eigenvalue weighted by Crippen LogP contribution is 2.12. The monoisotopic (exact) mass is 162 g/mol. The molecule has 0 aliphatic rings. The van der Waals surface area contributed by atoms with Crippen LogP contribution in [-0.2, 0) is 0 Å². The van der Waals surface area contributed by atoms with Gasteiger partial charge in [-0.3, -0.25) is 0 Å². The van der Waals surface area contributed by atoms with E-state index in [1.807, 2.05) is 0 Å². The normalized spacial score (nSPS) is 10.1. The van der Waals surface area contributed by atoms with Gasteiger partial charge < -0.3 is 4.42 Å². The molecule has 0 aromatic carbocycles. The molecule has 0 radical (unpaired) electrons. The summed E-state index contributed by atoms with van der Waals surface area (Å²) >= 11 is 0. The Morgan fingerprint density at radius 2 is 2.17 bits per heavy atom. The molecule has 0 fully saturated rings. The van der Waals surface area contributed by atoms with Crippen molar-refractivity contribution in [2.45, 2.75) is 6.92 Å². The zero-order valence-electron chi connectivity index (χ0n) is 6.43. The molecular formula is C7H6N4O. The van der Waals surface area contributed by atoms with E-state index in [2.05, 4.69) is 20.4 Å². The van der Waals surface area contributed by atoms with Crippen LogP contribution >= 0.6 is 0 Å². The molecular weight excluding hydrogens is 156 g/mol. The molecule has 2 rings (SSSR count). The molecule has 0 atom stereocenters. The maximum atomic E-state index is 5.14. The van der Waals surface area contributed by atoms with Gasteiger partial charge in [-0.1, -0.05) is 0 Å². The zero-order valence-corrected chi connectivity index (χ0v) is 6.43. The van der Waals surface area contributed by atoms with E-state index in [0.29, 0.717) is 17.5 Å². The van der Waals surface area contributed by atoms with Gasteiger partial charge in [-0.15, -0.1) is 15.3 Å². The summed E-state index contributed by atoms with van der Waals surface area (Å²) in [7, 11) is 0. The van der Waals surface area contributed by atoms with Crippen LogP contribution in [0.2, 0.25) is 0 Å². The van der Waals surface area contributed by atoms with E-state index in [9.17, 15) is 0 Å². The number of aryl methyl sites for hydroxylation is 1. The molecule has 0 aliphatic carbocycles. The summed E-state index contributed by atoms with van der Waals surface area (Å²) in [6.07, 6.45) is 1.59. The second-order valence-corrected chi connectivity index (χ2v) is 2.24. The van der Waals surface area contributed by atoms with Gasteiger partial charge in [0.1, 0.15) is 5.69 Å². The molecule has 0 spiro atoms. The van der Waals surface area contributed by atoms with E-state index in [0.717, 1.165) is 0 Å². The summed E-state index contributed by atoms with van der Waals surface area (Å²) in [6, 6.07) is 3.53. The number of hydrogen-bond donors (Lipinski definition) is 0. The van der Waals surface area contributed by atoms with Crippen LogP contribution in [0, 0.1) is 6.92 Å². The molecule has 2 aromatic rings. The Morgan fingerprint density at radius 1 is 1.25 bits per heavy atom. The summed E-state index contributed by atoms with van der Waals surface area (Å²) < 4.78 is 5.14. The topological polar surface area (TPSA) is 64.7 Å². The zero-order chi connectivity index (χ0) is 8.39. The van der Waals surface area contributed by atoms with Crippen LogP contribution in [0.4, 0.5) is 0 Å². The highest BCUT2D eigenvalue weighted by atomic mass is 16.4. The van der Waals surface area contributed by atoms with E-state index in [4.69, 9.17) is 4.42 Å². The summed E-state index contributed by atoms with van der Waals surface area (Å²) in [5.74, 6) is 0.927. The fourth-order valence-corrected chi connectivity index (χ4v) is 0.816. The van der Waals surface area contributed by atoms with Crippen molar-refractivity contribution in [3.8, 4) is 11.6 Å². The van der Waals surface area contributed by atoms with Gasteiger partial charge in [0.2, 0.25) is 5.89 Å². The van der Waals surface area contributed by atoms with Crippen molar-refractivity contribution in [1.82, 2.24) is 20.4 Å². The molecule has 60 valence electrons. The van der Waals surface area contributed by atoms with Crippen LogP contribution in [0.15, 0.2) is 22.7 Å². The third-order valence-corrected chi connectivity index (χ3v) is 1.32. The Bertz CT molecular complexity index is 370. The first-order chi connectivity index (χ1) is 5.86. The van der Waals surface area contributed by atoms with Gasteiger partial charge in [0.25, 0.3) is 5.89 Å². The molecule has 12 heavy (non-hydrogen) atoms. The molecule has 0 N–H and O–H groups in total. The fourth-order valence-electron chi connectivity index (χ4n) is 0.816. The van der Waals surface area contributed by atoms with Crippen molar-refractivity contribution in [2.24, 2.45) is 0 Å². The average molecular weight is 162 g/mol. The van der Waals surface area contributed by atoms with Crippen molar-refractivity contribution >= 4 is 0 Å². The molecule has 2 heterocycles. The van der Waals surface area contributed by atoms with E-state index in [1.165, 1.54) is 0 Å². The largest absolute Gasteiger partial charge is 0.420 e. The van der Waals surface area contributed by atoms with Crippen molar-refractivity contribution in [3.05, 3.63) is 24.2 Å². The van der Waals surface area contributed by atoms with Crippen LogP contribution in [-0.4, -0.2) is 20.4 Å². The lowest BCUT2D eigenvalue weighted by molar-refractivity contribution is 0.530. The fraction of sp³-hybridized carbons (Fsp3) is 0.143. The quantitative estimate of drug-likeness (QED) is 0.621. The van der Waals surface area contributed by atoms with Crippen molar-refractivity contribution in [2.75, 3.05) is 0 Å². The smallest absolute Gasteiger partial charge is 0.268 e. The summed E-state index contributed by atoms with van der Waals surface area (Å²) in [5.41, 5.74) is 0.595. The molecule has 0 aliphatic heterocycles. The summed E-state index contributed by atoms with van der Waals surface area (Å²) in [4.78, 5) is 0. The van der Waals surface area contributed by atoms with Crippen LogP contribution in [0.3, 0.4) is 0 Å². The number of rotatable bonds is 1. The predicted octanol–water partition coefficient (Wildman–Crippen LogP) is 0.835. The maximum absolute atomic E-state index is 5.14. The SMILES string of the molecule is Cc1nnc(-c2cccnn2)o1. The predicted molar refractivity (Wildman–Crippen MR) is 40.1 cm³/mol. The van der Waals surface area contributed by atoms with Crippen molar-refractivity contribution < 1.29 is 4.42 Å². The van der Waals surface area contributed by atoms with E-state index >= 15 is 0 Å². The van der Waals surface area contributed by atoms with Crippen molar-refractivity contribution in [1.29, 1.82) is 0 Å². The number of nitrogens with zero attached hydrogens (tertiary/aromatic N) is 4. The lowest BCUT2D eigenvalue weighted by Gasteiger charge is -1.88. The molecule has 0 unspecified atom stereocenters.